The summed E-state index contributed by atoms with van der Waals surface area (Å²) in [6.07, 6.45) is 3.37. The van der Waals surface area contributed by atoms with Gasteiger partial charge in [0.15, 0.2) is 0 Å². The third-order valence-electron chi connectivity index (χ3n) is 5.58. The van der Waals surface area contributed by atoms with Gasteiger partial charge < -0.3 is 16.0 Å². The number of rotatable bonds is 6. The van der Waals surface area contributed by atoms with Crippen molar-refractivity contribution in [3.8, 4) is 0 Å². The molecule has 1 saturated carbocycles. The van der Waals surface area contributed by atoms with Gasteiger partial charge in [0.1, 0.15) is 12.1 Å². The van der Waals surface area contributed by atoms with Gasteiger partial charge in [-0.05, 0) is 24.3 Å². The van der Waals surface area contributed by atoms with Crippen molar-refractivity contribution in [1.29, 1.82) is 0 Å². The average molecular weight is 386 g/mol. The van der Waals surface area contributed by atoms with Crippen LogP contribution in [0.1, 0.15) is 38.2 Å². The highest BCUT2D eigenvalue weighted by atomic mass is 16.2. The Labute approximate surface area is 164 Å². The van der Waals surface area contributed by atoms with Gasteiger partial charge in [0.05, 0.1) is 6.54 Å². The summed E-state index contributed by atoms with van der Waals surface area (Å²) in [6, 6.07) is 8.88. The van der Waals surface area contributed by atoms with Gasteiger partial charge in [-0.2, -0.15) is 0 Å². The first kappa shape index (κ1) is 19.9. The number of hydrogen-bond acceptors (Lipinski definition) is 4. The Morgan fingerprint density at radius 1 is 1.14 bits per heavy atom. The number of carbonyl (C=O) groups is 4. The fourth-order valence-electron chi connectivity index (χ4n) is 3.88. The standard InChI is InChI=1S/C20H26N4O4/c1-14-7-5-6-10-20(14)18(27)24(19(28)23-20)13-17(26)22-12-16(25)21-11-15-8-3-2-4-9-15/h2-4,8-9,14H,5-7,10-13H2,1H3,(H,21,25)(H,22,26)(H,23,28). The minimum Gasteiger partial charge on any atom is -0.350 e. The normalized spacial score (nSPS) is 24.2. The first-order chi connectivity index (χ1) is 13.4. The molecule has 1 aromatic rings. The van der Waals surface area contributed by atoms with Crippen molar-refractivity contribution in [2.24, 2.45) is 5.92 Å². The van der Waals surface area contributed by atoms with Gasteiger partial charge in [-0.1, -0.05) is 50.1 Å². The maximum Gasteiger partial charge on any atom is 0.325 e. The lowest BCUT2D eigenvalue weighted by Crippen LogP contribution is -2.54. The predicted molar refractivity (Wildman–Crippen MR) is 102 cm³/mol. The van der Waals surface area contributed by atoms with Gasteiger partial charge in [-0.15, -0.1) is 0 Å². The van der Waals surface area contributed by atoms with Crippen LogP contribution in [0.4, 0.5) is 4.79 Å². The van der Waals surface area contributed by atoms with E-state index in [2.05, 4.69) is 16.0 Å². The zero-order valence-corrected chi connectivity index (χ0v) is 16.0. The predicted octanol–water partition coefficient (Wildman–Crippen LogP) is 0.920. The first-order valence-electron chi connectivity index (χ1n) is 9.64. The fraction of sp³-hybridized carbons (Fsp3) is 0.500. The first-order valence-corrected chi connectivity index (χ1v) is 9.64. The number of carbonyl (C=O) groups excluding carboxylic acids is 4. The molecule has 8 heteroatoms. The molecule has 28 heavy (non-hydrogen) atoms. The van der Waals surface area contributed by atoms with E-state index in [1.54, 1.807) is 0 Å². The Balaban J connectivity index is 1.47. The summed E-state index contributed by atoms with van der Waals surface area (Å²) < 4.78 is 0. The molecule has 2 atom stereocenters. The third-order valence-corrected chi connectivity index (χ3v) is 5.58. The topological polar surface area (TPSA) is 108 Å². The maximum absolute atomic E-state index is 12.8. The average Bonchev–Trinajstić information content (AvgIpc) is 2.93. The lowest BCUT2D eigenvalue weighted by Gasteiger charge is -2.36. The van der Waals surface area contributed by atoms with Crippen molar-refractivity contribution < 1.29 is 19.2 Å². The molecule has 1 aromatic carbocycles. The van der Waals surface area contributed by atoms with E-state index < -0.39 is 17.5 Å². The summed E-state index contributed by atoms with van der Waals surface area (Å²) in [4.78, 5) is 50.1. The van der Waals surface area contributed by atoms with Crippen LogP contribution in [0.3, 0.4) is 0 Å². The number of imide groups is 1. The van der Waals surface area contributed by atoms with Crippen molar-refractivity contribution >= 4 is 23.8 Å². The SMILES string of the molecule is CC1CCCCC12NC(=O)N(CC(=O)NCC(=O)NCc1ccccc1)C2=O. The molecule has 150 valence electrons. The third kappa shape index (κ3) is 4.16. The van der Waals surface area contributed by atoms with Crippen LogP contribution in [0.5, 0.6) is 0 Å². The largest absolute Gasteiger partial charge is 0.350 e. The van der Waals surface area contributed by atoms with Crippen LogP contribution in [-0.4, -0.2) is 47.3 Å². The Bertz CT molecular complexity index is 767. The lowest BCUT2D eigenvalue weighted by atomic mass is 9.73. The van der Waals surface area contributed by atoms with Gasteiger partial charge in [-0.3, -0.25) is 19.3 Å². The molecule has 2 fully saturated rings. The van der Waals surface area contributed by atoms with Crippen molar-refractivity contribution in [3.05, 3.63) is 35.9 Å². The molecule has 2 unspecified atom stereocenters. The van der Waals surface area contributed by atoms with Gasteiger partial charge in [0.25, 0.3) is 5.91 Å². The molecule has 1 spiro atoms. The molecule has 3 N–H and O–H groups in total. The highest BCUT2D eigenvalue weighted by Crippen LogP contribution is 2.38. The molecular weight excluding hydrogens is 360 g/mol. The minimum absolute atomic E-state index is 0.0366. The van der Waals surface area contributed by atoms with Crippen LogP contribution in [0.25, 0.3) is 0 Å². The van der Waals surface area contributed by atoms with E-state index in [-0.39, 0.29) is 30.8 Å². The van der Waals surface area contributed by atoms with Gasteiger partial charge >= 0.3 is 6.03 Å². The molecule has 1 heterocycles. The number of benzene rings is 1. The maximum atomic E-state index is 12.8. The van der Waals surface area contributed by atoms with E-state index in [1.807, 2.05) is 37.3 Å². The van der Waals surface area contributed by atoms with Crippen molar-refractivity contribution in [2.45, 2.75) is 44.7 Å². The van der Waals surface area contributed by atoms with E-state index >= 15 is 0 Å². The van der Waals surface area contributed by atoms with Crippen LogP contribution >= 0.6 is 0 Å². The Morgan fingerprint density at radius 3 is 2.61 bits per heavy atom. The second-order valence-corrected chi connectivity index (χ2v) is 7.48. The molecule has 3 rings (SSSR count). The second kappa shape index (κ2) is 8.41. The minimum atomic E-state index is -0.886. The summed E-state index contributed by atoms with van der Waals surface area (Å²) in [5, 5.41) is 7.97. The van der Waals surface area contributed by atoms with Crippen LogP contribution in [0.15, 0.2) is 30.3 Å². The second-order valence-electron chi connectivity index (χ2n) is 7.48. The quantitative estimate of drug-likeness (QED) is 0.632. The van der Waals surface area contributed by atoms with Crippen molar-refractivity contribution in [2.75, 3.05) is 13.1 Å². The van der Waals surface area contributed by atoms with Crippen LogP contribution < -0.4 is 16.0 Å². The molecule has 0 aromatic heterocycles. The van der Waals surface area contributed by atoms with Crippen molar-refractivity contribution in [1.82, 2.24) is 20.9 Å². The zero-order valence-electron chi connectivity index (χ0n) is 16.0. The van der Waals surface area contributed by atoms with Crippen molar-refractivity contribution in [3.63, 3.8) is 0 Å². The summed E-state index contributed by atoms with van der Waals surface area (Å²) in [5.41, 5.74) is 0.0660. The highest BCUT2D eigenvalue weighted by Gasteiger charge is 2.55. The monoisotopic (exact) mass is 386 g/mol. The highest BCUT2D eigenvalue weighted by molar-refractivity contribution is 6.09. The zero-order chi connectivity index (χ0) is 20.1. The summed E-state index contributed by atoms with van der Waals surface area (Å²) in [7, 11) is 0. The Kier molecular flexibility index (Phi) is 5.96. The van der Waals surface area contributed by atoms with E-state index in [0.717, 1.165) is 29.7 Å². The molecule has 5 amide bonds. The van der Waals surface area contributed by atoms with Crippen LogP contribution in [-0.2, 0) is 20.9 Å². The molecule has 2 aliphatic rings. The smallest absolute Gasteiger partial charge is 0.325 e. The molecule has 1 aliphatic carbocycles. The Morgan fingerprint density at radius 2 is 1.89 bits per heavy atom. The number of hydrogen-bond donors (Lipinski definition) is 3. The number of nitrogens with one attached hydrogen (secondary N) is 3. The lowest BCUT2D eigenvalue weighted by molar-refractivity contribution is -0.137. The van der Waals surface area contributed by atoms with Gasteiger partial charge in [0, 0.05) is 6.54 Å². The van der Waals surface area contributed by atoms with E-state index in [9.17, 15) is 19.2 Å². The van der Waals surface area contributed by atoms with Gasteiger partial charge in [-0.25, -0.2) is 4.79 Å². The Hall–Kier alpha value is -2.90. The fourth-order valence-corrected chi connectivity index (χ4v) is 3.88. The molecule has 0 bridgehead atoms. The number of amides is 5. The molecule has 0 radical (unpaired) electrons. The summed E-state index contributed by atoms with van der Waals surface area (Å²) in [6.45, 7) is 1.73. The molecule has 1 aliphatic heterocycles. The van der Waals surface area contributed by atoms with E-state index in [1.165, 1.54) is 0 Å². The molecular formula is C20H26N4O4. The molecule has 8 nitrogen and oxygen atoms in total. The van der Waals surface area contributed by atoms with E-state index in [4.69, 9.17) is 0 Å². The van der Waals surface area contributed by atoms with E-state index in [0.29, 0.717) is 13.0 Å². The van der Waals surface area contributed by atoms with Gasteiger partial charge in [0.2, 0.25) is 11.8 Å². The van der Waals surface area contributed by atoms with Crippen LogP contribution in [0.2, 0.25) is 0 Å². The molecule has 1 saturated heterocycles. The summed E-state index contributed by atoms with van der Waals surface area (Å²) in [5.74, 6) is -1.19. The summed E-state index contributed by atoms with van der Waals surface area (Å²) >= 11 is 0. The number of nitrogens with zero attached hydrogens (tertiary/aromatic N) is 1. The number of urea groups is 1. The van der Waals surface area contributed by atoms with Crippen LogP contribution in [0, 0.1) is 5.92 Å².